The number of ether oxygens (including phenoxy) is 1. The molecular formula is C29H35N3O4. The second-order valence-corrected chi connectivity index (χ2v) is 9.85. The molecule has 1 unspecified atom stereocenters. The Kier molecular flexibility index (Phi) is 8.35. The molecule has 0 aliphatic heterocycles. The van der Waals surface area contributed by atoms with Crippen LogP contribution in [0, 0.1) is 13.8 Å². The Morgan fingerprint density at radius 3 is 2.28 bits per heavy atom. The summed E-state index contributed by atoms with van der Waals surface area (Å²) in [4.78, 5) is 40.5. The fourth-order valence-corrected chi connectivity index (χ4v) is 4.13. The van der Waals surface area contributed by atoms with Gasteiger partial charge in [0.25, 0.3) is 5.91 Å². The lowest BCUT2D eigenvalue weighted by Gasteiger charge is -2.31. The Balaban J connectivity index is 1.89. The Labute approximate surface area is 212 Å². The predicted molar refractivity (Wildman–Crippen MR) is 143 cm³/mol. The molecule has 1 atom stereocenters. The molecule has 0 fully saturated rings. The maximum atomic E-state index is 13.7. The van der Waals surface area contributed by atoms with Gasteiger partial charge < -0.3 is 20.3 Å². The van der Waals surface area contributed by atoms with Crippen molar-refractivity contribution < 1.29 is 19.1 Å². The van der Waals surface area contributed by atoms with E-state index in [4.69, 9.17) is 4.74 Å². The number of likely N-dealkylation sites (N-methyl/N-ethyl adjacent to an activating group) is 1. The molecule has 2 N–H and O–H groups in total. The highest BCUT2D eigenvalue weighted by Crippen LogP contribution is 2.28. The smallest absolute Gasteiger partial charge is 0.408 e. The minimum Gasteiger partial charge on any atom is -0.444 e. The Hall–Kier alpha value is -3.87. The van der Waals surface area contributed by atoms with E-state index in [1.807, 2.05) is 81.4 Å². The number of carbonyl (C=O) groups is 3. The predicted octanol–water partition coefficient (Wildman–Crippen LogP) is 5.51. The van der Waals surface area contributed by atoms with Crippen LogP contribution >= 0.6 is 0 Å². The van der Waals surface area contributed by atoms with E-state index in [9.17, 15) is 14.4 Å². The third-order valence-electron chi connectivity index (χ3n) is 5.74. The SMILES string of the molecule is CCN(C(=O)CNC(=O)OC(C)(C)C)C(C(=O)Nc1ccc2ccccc2c1)c1ccc(C)cc1C. The molecule has 3 rings (SSSR count). The molecule has 0 saturated heterocycles. The van der Waals surface area contributed by atoms with Gasteiger partial charge in [-0.05, 0) is 75.6 Å². The van der Waals surface area contributed by atoms with Gasteiger partial charge >= 0.3 is 6.09 Å². The van der Waals surface area contributed by atoms with E-state index in [1.165, 1.54) is 4.90 Å². The van der Waals surface area contributed by atoms with E-state index in [0.29, 0.717) is 5.69 Å². The zero-order chi connectivity index (χ0) is 26.5. The van der Waals surface area contributed by atoms with Gasteiger partial charge in [-0.15, -0.1) is 0 Å². The van der Waals surface area contributed by atoms with Gasteiger partial charge in [-0.3, -0.25) is 9.59 Å². The number of anilines is 1. The second kappa shape index (κ2) is 11.2. The third-order valence-corrected chi connectivity index (χ3v) is 5.74. The standard InChI is InChI=1S/C29H35N3O4/c1-7-32(25(33)18-30-28(35)36-29(4,5)6)26(24-15-12-19(2)16-20(24)3)27(34)31-23-14-13-21-10-8-9-11-22(21)17-23/h8-17,26H,7,18H2,1-6H3,(H,30,35)(H,31,34). The molecule has 0 aromatic heterocycles. The van der Waals surface area contributed by atoms with Gasteiger partial charge in [0.1, 0.15) is 18.2 Å². The largest absolute Gasteiger partial charge is 0.444 e. The van der Waals surface area contributed by atoms with Gasteiger partial charge in [0.2, 0.25) is 5.91 Å². The third kappa shape index (κ3) is 6.84. The summed E-state index contributed by atoms with van der Waals surface area (Å²) in [5.74, 6) is -0.716. The van der Waals surface area contributed by atoms with Crippen molar-refractivity contribution in [2.24, 2.45) is 0 Å². The van der Waals surface area contributed by atoms with E-state index in [0.717, 1.165) is 27.5 Å². The summed E-state index contributed by atoms with van der Waals surface area (Å²) in [7, 11) is 0. The summed E-state index contributed by atoms with van der Waals surface area (Å²) in [6, 6.07) is 18.5. The van der Waals surface area contributed by atoms with Crippen LogP contribution in [0.5, 0.6) is 0 Å². The van der Waals surface area contributed by atoms with Crippen molar-refractivity contribution in [3.63, 3.8) is 0 Å². The summed E-state index contributed by atoms with van der Waals surface area (Å²) in [5, 5.41) is 7.58. The van der Waals surface area contributed by atoms with Gasteiger partial charge in [0, 0.05) is 12.2 Å². The van der Waals surface area contributed by atoms with Crippen molar-refractivity contribution in [2.45, 2.75) is 53.2 Å². The van der Waals surface area contributed by atoms with E-state index in [-0.39, 0.29) is 24.9 Å². The molecule has 7 nitrogen and oxygen atoms in total. The highest BCUT2D eigenvalue weighted by atomic mass is 16.6. The second-order valence-electron chi connectivity index (χ2n) is 9.85. The molecule has 7 heteroatoms. The highest BCUT2D eigenvalue weighted by molar-refractivity contribution is 6.00. The number of nitrogens with zero attached hydrogens (tertiary/aromatic N) is 1. The zero-order valence-electron chi connectivity index (χ0n) is 21.8. The van der Waals surface area contributed by atoms with Crippen LogP contribution in [0.25, 0.3) is 10.8 Å². The average molecular weight is 490 g/mol. The molecule has 0 bridgehead atoms. The van der Waals surface area contributed by atoms with Gasteiger partial charge in [-0.2, -0.15) is 0 Å². The number of hydrogen-bond acceptors (Lipinski definition) is 4. The van der Waals surface area contributed by atoms with Crippen molar-refractivity contribution in [2.75, 3.05) is 18.4 Å². The molecular weight excluding hydrogens is 454 g/mol. The molecule has 0 radical (unpaired) electrons. The molecule has 36 heavy (non-hydrogen) atoms. The van der Waals surface area contributed by atoms with Crippen LogP contribution < -0.4 is 10.6 Å². The van der Waals surface area contributed by atoms with Gasteiger partial charge in [-0.1, -0.05) is 54.1 Å². The molecule has 0 aliphatic carbocycles. The van der Waals surface area contributed by atoms with E-state index >= 15 is 0 Å². The van der Waals surface area contributed by atoms with Gasteiger partial charge in [0.05, 0.1) is 0 Å². The average Bonchev–Trinajstić information content (AvgIpc) is 2.80. The van der Waals surface area contributed by atoms with Crippen molar-refractivity contribution in [3.8, 4) is 0 Å². The summed E-state index contributed by atoms with van der Waals surface area (Å²) in [6.45, 7) is 11.0. The molecule has 0 heterocycles. The van der Waals surface area contributed by atoms with Crippen molar-refractivity contribution in [1.29, 1.82) is 0 Å². The number of benzene rings is 3. The van der Waals surface area contributed by atoms with Crippen LogP contribution in [0.15, 0.2) is 60.7 Å². The van der Waals surface area contributed by atoms with Crippen LogP contribution in [0.4, 0.5) is 10.5 Å². The maximum Gasteiger partial charge on any atom is 0.408 e. The number of fused-ring (bicyclic) bond motifs is 1. The first-order valence-corrected chi connectivity index (χ1v) is 12.1. The number of carbonyl (C=O) groups excluding carboxylic acids is 3. The molecule has 3 aromatic carbocycles. The summed E-state index contributed by atoms with van der Waals surface area (Å²) < 4.78 is 5.24. The summed E-state index contributed by atoms with van der Waals surface area (Å²) >= 11 is 0. The lowest BCUT2D eigenvalue weighted by molar-refractivity contribution is -0.138. The number of rotatable bonds is 7. The number of aryl methyl sites for hydroxylation is 2. The molecule has 3 aromatic rings. The Bertz CT molecular complexity index is 1260. The Morgan fingerprint density at radius 2 is 1.64 bits per heavy atom. The fraction of sp³-hybridized carbons (Fsp3) is 0.345. The first-order chi connectivity index (χ1) is 17.0. The minimum atomic E-state index is -0.880. The van der Waals surface area contributed by atoms with Gasteiger partial charge in [0.15, 0.2) is 0 Å². The first-order valence-electron chi connectivity index (χ1n) is 12.1. The van der Waals surface area contributed by atoms with E-state index in [2.05, 4.69) is 10.6 Å². The lowest BCUT2D eigenvalue weighted by Crippen LogP contribution is -2.46. The number of alkyl carbamates (subject to hydrolysis) is 1. The maximum absolute atomic E-state index is 13.7. The number of amides is 3. The van der Waals surface area contributed by atoms with Crippen molar-refractivity contribution >= 4 is 34.4 Å². The zero-order valence-corrected chi connectivity index (χ0v) is 21.8. The molecule has 0 aliphatic rings. The van der Waals surface area contributed by atoms with Crippen molar-refractivity contribution in [3.05, 3.63) is 77.4 Å². The molecule has 190 valence electrons. The van der Waals surface area contributed by atoms with E-state index in [1.54, 1.807) is 20.8 Å². The molecule has 0 spiro atoms. The normalized spacial score (nSPS) is 12.1. The topological polar surface area (TPSA) is 87.7 Å². The fourth-order valence-electron chi connectivity index (χ4n) is 4.13. The summed E-state index contributed by atoms with van der Waals surface area (Å²) in [5.41, 5.74) is 2.65. The first kappa shape index (κ1) is 26.7. The van der Waals surface area contributed by atoms with Crippen LogP contribution in [-0.4, -0.2) is 41.5 Å². The van der Waals surface area contributed by atoms with Gasteiger partial charge in [-0.25, -0.2) is 4.79 Å². The molecule has 0 saturated carbocycles. The monoisotopic (exact) mass is 489 g/mol. The quantitative estimate of drug-likeness (QED) is 0.458. The minimum absolute atomic E-state index is 0.276. The van der Waals surface area contributed by atoms with Crippen molar-refractivity contribution in [1.82, 2.24) is 10.2 Å². The van der Waals surface area contributed by atoms with Crippen LogP contribution in [0.2, 0.25) is 0 Å². The highest BCUT2D eigenvalue weighted by Gasteiger charge is 2.32. The molecule has 3 amide bonds. The van der Waals surface area contributed by atoms with Crippen LogP contribution in [0.3, 0.4) is 0 Å². The van der Waals surface area contributed by atoms with E-state index < -0.39 is 17.7 Å². The van der Waals surface area contributed by atoms with Crippen LogP contribution in [0.1, 0.15) is 50.4 Å². The van der Waals surface area contributed by atoms with Crippen LogP contribution in [-0.2, 0) is 14.3 Å². The Morgan fingerprint density at radius 1 is 0.944 bits per heavy atom. The lowest BCUT2D eigenvalue weighted by atomic mass is 9.97. The number of hydrogen-bond donors (Lipinski definition) is 2. The number of nitrogens with one attached hydrogen (secondary N) is 2. The summed E-state index contributed by atoms with van der Waals surface area (Å²) in [6.07, 6.45) is -0.685.